The molecule has 164 valence electrons. The SMILES string of the molecule is O=C(NC(CO)c1ccc(C(F)(F)F)cc1)c1ccc2[nH]nc(-c3cccc(F)c3)c2c1. The number of nitrogens with zero attached hydrogens (tertiary/aromatic N) is 1. The summed E-state index contributed by atoms with van der Waals surface area (Å²) in [7, 11) is 0. The van der Waals surface area contributed by atoms with Crippen molar-refractivity contribution >= 4 is 16.8 Å². The van der Waals surface area contributed by atoms with Crippen molar-refractivity contribution < 1.29 is 27.5 Å². The highest BCUT2D eigenvalue weighted by Crippen LogP contribution is 2.30. The summed E-state index contributed by atoms with van der Waals surface area (Å²) < 4.78 is 51.9. The number of amides is 1. The zero-order valence-corrected chi connectivity index (χ0v) is 16.4. The first kappa shape index (κ1) is 21.5. The van der Waals surface area contributed by atoms with Gasteiger partial charge in [-0.15, -0.1) is 0 Å². The van der Waals surface area contributed by atoms with E-state index >= 15 is 0 Å². The second-order valence-electron chi connectivity index (χ2n) is 7.17. The zero-order chi connectivity index (χ0) is 22.9. The number of fused-ring (bicyclic) bond motifs is 1. The van der Waals surface area contributed by atoms with Gasteiger partial charge in [-0.2, -0.15) is 18.3 Å². The number of carbonyl (C=O) groups is 1. The Morgan fingerprint density at radius 3 is 2.47 bits per heavy atom. The van der Waals surface area contributed by atoms with E-state index in [1.165, 1.54) is 24.3 Å². The number of aromatic amines is 1. The molecule has 0 radical (unpaired) electrons. The van der Waals surface area contributed by atoms with E-state index in [1.54, 1.807) is 30.3 Å². The fourth-order valence-electron chi connectivity index (χ4n) is 3.39. The van der Waals surface area contributed by atoms with Crippen molar-refractivity contribution in [3.63, 3.8) is 0 Å². The van der Waals surface area contributed by atoms with Crippen LogP contribution in [-0.4, -0.2) is 27.8 Å². The maximum absolute atomic E-state index is 13.6. The molecule has 0 bridgehead atoms. The van der Waals surface area contributed by atoms with Crippen molar-refractivity contribution in [2.24, 2.45) is 0 Å². The number of carbonyl (C=O) groups excluding carboxylic acids is 1. The Morgan fingerprint density at radius 1 is 1.06 bits per heavy atom. The lowest BCUT2D eigenvalue weighted by molar-refractivity contribution is -0.137. The van der Waals surface area contributed by atoms with Crippen molar-refractivity contribution in [3.8, 4) is 11.3 Å². The molecule has 1 atom stereocenters. The van der Waals surface area contributed by atoms with Crippen LogP contribution in [0.2, 0.25) is 0 Å². The van der Waals surface area contributed by atoms with Crippen molar-refractivity contribution in [3.05, 3.63) is 89.2 Å². The summed E-state index contributed by atoms with van der Waals surface area (Å²) in [6, 6.07) is 14.0. The highest BCUT2D eigenvalue weighted by atomic mass is 19.4. The highest BCUT2D eigenvalue weighted by molar-refractivity contribution is 6.01. The lowest BCUT2D eigenvalue weighted by Gasteiger charge is -2.18. The molecule has 3 N–H and O–H groups in total. The molecule has 0 fully saturated rings. The van der Waals surface area contributed by atoms with Gasteiger partial charge in [0.15, 0.2) is 0 Å². The normalized spacial score (nSPS) is 12.7. The third-order valence-corrected chi connectivity index (χ3v) is 5.05. The van der Waals surface area contributed by atoms with Crippen LogP contribution in [0, 0.1) is 5.82 Å². The van der Waals surface area contributed by atoms with E-state index in [0.29, 0.717) is 27.7 Å². The lowest BCUT2D eigenvalue weighted by Crippen LogP contribution is -2.30. The van der Waals surface area contributed by atoms with E-state index in [4.69, 9.17) is 0 Å². The number of aliphatic hydroxyl groups excluding tert-OH is 1. The number of hydrogen-bond donors (Lipinski definition) is 3. The molecule has 9 heteroatoms. The number of halogens is 4. The molecule has 4 rings (SSSR count). The molecule has 0 aliphatic rings. The first-order valence-electron chi connectivity index (χ1n) is 9.59. The Morgan fingerprint density at radius 2 is 1.81 bits per heavy atom. The maximum Gasteiger partial charge on any atom is 0.416 e. The number of hydrogen-bond acceptors (Lipinski definition) is 3. The Kier molecular flexibility index (Phi) is 5.67. The number of H-pyrrole nitrogens is 1. The van der Waals surface area contributed by atoms with Crippen LogP contribution < -0.4 is 5.32 Å². The summed E-state index contributed by atoms with van der Waals surface area (Å²) in [6.45, 7) is -0.500. The van der Waals surface area contributed by atoms with E-state index in [1.807, 2.05) is 0 Å². The summed E-state index contributed by atoms with van der Waals surface area (Å²) >= 11 is 0. The van der Waals surface area contributed by atoms with Crippen LogP contribution in [0.3, 0.4) is 0 Å². The van der Waals surface area contributed by atoms with Gasteiger partial charge in [0.25, 0.3) is 5.91 Å². The molecule has 32 heavy (non-hydrogen) atoms. The van der Waals surface area contributed by atoms with Crippen LogP contribution in [0.1, 0.15) is 27.5 Å². The van der Waals surface area contributed by atoms with Gasteiger partial charge in [-0.25, -0.2) is 4.39 Å². The van der Waals surface area contributed by atoms with Gasteiger partial charge in [-0.3, -0.25) is 9.89 Å². The summed E-state index contributed by atoms with van der Waals surface area (Å²) in [6.07, 6.45) is -4.48. The van der Waals surface area contributed by atoms with Crippen molar-refractivity contribution in [1.82, 2.24) is 15.5 Å². The van der Waals surface area contributed by atoms with Crippen LogP contribution >= 0.6 is 0 Å². The minimum Gasteiger partial charge on any atom is -0.394 e. The molecule has 4 aromatic rings. The monoisotopic (exact) mass is 443 g/mol. The molecule has 0 saturated heterocycles. The molecule has 1 aromatic heterocycles. The van der Waals surface area contributed by atoms with Crippen molar-refractivity contribution in [1.29, 1.82) is 0 Å². The number of rotatable bonds is 5. The smallest absolute Gasteiger partial charge is 0.394 e. The molecule has 0 saturated carbocycles. The van der Waals surface area contributed by atoms with Crippen LogP contribution in [0.25, 0.3) is 22.2 Å². The second kappa shape index (κ2) is 8.43. The van der Waals surface area contributed by atoms with Gasteiger partial charge in [-0.05, 0) is 48.0 Å². The molecule has 0 aliphatic carbocycles. The maximum atomic E-state index is 13.6. The van der Waals surface area contributed by atoms with Crippen LogP contribution in [0.5, 0.6) is 0 Å². The van der Waals surface area contributed by atoms with E-state index in [9.17, 15) is 27.5 Å². The first-order chi connectivity index (χ1) is 15.3. The Labute approximate surface area is 179 Å². The first-order valence-corrected chi connectivity index (χ1v) is 9.59. The van der Waals surface area contributed by atoms with Gasteiger partial charge >= 0.3 is 6.18 Å². The van der Waals surface area contributed by atoms with Gasteiger partial charge in [-0.1, -0.05) is 24.3 Å². The van der Waals surface area contributed by atoms with E-state index in [2.05, 4.69) is 15.5 Å². The molecule has 0 aliphatic heterocycles. The molecule has 1 heterocycles. The fourth-order valence-corrected chi connectivity index (χ4v) is 3.39. The lowest BCUT2D eigenvalue weighted by atomic mass is 10.0. The van der Waals surface area contributed by atoms with Crippen molar-refractivity contribution in [2.45, 2.75) is 12.2 Å². The van der Waals surface area contributed by atoms with Crippen molar-refractivity contribution in [2.75, 3.05) is 6.61 Å². The van der Waals surface area contributed by atoms with E-state index in [0.717, 1.165) is 12.1 Å². The van der Waals surface area contributed by atoms with Gasteiger partial charge in [0.2, 0.25) is 0 Å². The molecule has 1 amide bonds. The minimum atomic E-state index is -4.48. The predicted molar refractivity (Wildman–Crippen MR) is 110 cm³/mol. The van der Waals surface area contributed by atoms with Crippen LogP contribution in [0.4, 0.5) is 17.6 Å². The minimum absolute atomic E-state index is 0.252. The highest BCUT2D eigenvalue weighted by Gasteiger charge is 2.30. The fraction of sp³-hybridized carbons (Fsp3) is 0.130. The van der Waals surface area contributed by atoms with Gasteiger partial charge in [0.05, 0.1) is 23.7 Å². The molecular weight excluding hydrogens is 426 g/mol. The number of nitrogens with one attached hydrogen (secondary N) is 2. The number of aliphatic hydroxyl groups is 1. The summed E-state index contributed by atoms with van der Waals surface area (Å²) in [5.74, 6) is -0.952. The summed E-state index contributed by atoms with van der Waals surface area (Å²) in [5.41, 5.74) is 1.41. The van der Waals surface area contributed by atoms with Crippen LogP contribution in [-0.2, 0) is 6.18 Å². The Hall–Kier alpha value is -3.72. The molecule has 3 aromatic carbocycles. The zero-order valence-electron chi connectivity index (χ0n) is 16.4. The topological polar surface area (TPSA) is 78.0 Å². The molecular formula is C23H17F4N3O2. The number of aromatic nitrogens is 2. The third kappa shape index (κ3) is 4.33. The Bertz CT molecular complexity index is 1270. The Balaban J connectivity index is 1.59. The second-order valence-corrected chi connectivity index (χ2v) is 7.17. The quantitative estimate of drug-likeness (QED) is 0.386. The van der Waals surface area contributed by atoms with Gasteiger partial charge in [0.1, 0.15) is 11.5 Å². The van der Waals surface area contributed by atoms with Gasteiger partial charge < -0.3 is 10.4 Å². The standard InChI is InChI=1S/C23H17F4N3O2/c24-17-3-1-2-14(10-17)21-18-11-15(6-9-19(18)29-30-21)22(32)28-20(12-31)13-4-7-16(8-5-13)23(25,26)27/h1-11,20,31H,12H2,(H,28,32)(H,29,30). The average molecular weight is 443 g/mol. The van der Waals surface area contributed by atoms with Gasteiger partial charge in [0, 0.05) is 16.5 Å². The van der Waals surface area contributed by atoms with E-state index < -0.39 is 36.1 Å². The average Bonchev–Trinajstić information content (AvgIpc) is 3.20. The molecule has 0 spiro atoms. The van der Waals surface area contributed by atoms with E-state index in [-0.39, 0.29) is 5.56 Å². The third-order valence-electron chi connectivity index (χ3n) is 5.05. The summed E-state index contributed by atoms with van der Waals surface area (Å²) in [4.78, 5) is 12.8. The van der Waals surface area contributed by atoms with Crippen LogP contribution in [0.15, 0.2) is 66.7 Å². The largest absolute Gasteiger partial charge is 0.416 e. The summed E-state index contributed by atoms with van der Waals surface area (Å²) in [5, 5.41) is 19.9. The number of alkyl halides is 3. The molecule has 5 nitrogen and oxygen atoms in total. The number of benzene rings is 3. The predicted octanol–water partition coefficient (Wildman–Crippen LogP) is 4.85. The molecule has 1 unspecified atom stereocenters.